The highest BCUT2D eigenvalue weighted by molar-refractivity contribution is 6.03. The molecule has 1 fully saturated rings. The number of carbonyl (C=O) groups excluding carboxylic acids is 3. The van der Waals surface area contributed by atoms with Gasteiger partial charge in [0.25, 0.3) is 5.91 Å². The number of nitrogens with one attached hydrogen (secondary N) is 3. The lowest BCUT2D eigenvalue weighted by Crippen LogP contribution is -2.25. The Morgan fingerprint density at radius 2 is 1.76 bits per heavy atom. The minimum absolute atomic E-state index is 0.0769. The average molecular weight is 393 g/mol. The Morgan fingerprint density at radius 3 is 2.38 bits per heavy atom. The molecule has 2 aromatic carbocycles. The van der Waals surface area contributed by atoms with E-state index in [9.17, 15) is 14.4 Å². The van der Waals surface area contributed by atoms with Gasteiger partial charge in [0.1, 0.15) is 5.75 Å². The summed E-state index contributed by atoms with van der Waals surface area (Å²) in [6.45, 7) is 1.41. The van der Waals surface area contributed by atoms with E-state index >= 15 is 0 Å². The Bertz CT molecular complexity index is 947. The molecule has 2 aromatic rings. The van der Waals surface area contributed by atoms with Crippen LogP contribution in [0.15, 0.2) is 48.5 Å². The van der Waals surface area contributed by atoms with Gasteiger partial charge in [-0.15, -0.1) is 0 Å². The predicted octanol–water partition coefficient (Wildman–Crippen LogP) is 3.20. The summed E-state index contributed by atoms with van der Waals surface area (Å²) >= 11 is 0. The molecule has 1 saturated carbocycles. The van der Waals surface area contributed by atoms with Crippen LogP contribution in [0.5, 0.6) is 5.75 Å². The van der Waals surface area contributed by atoms with E-state index in [1.54, 1.807) is 48.5 Å². The molecule has 150 valence electrons. The van der Waals surface area contributed by atoms with Gasteiger partial charge in [-0.05, 0) is 54.8 Å². The van der Waals surface area contributed by atoms with Crippen molar-refractivity contribution in [1.82, 2.24) is 5.32 Å². The van der Waals surface area contributed by atoms with Gasteiger partial charge in [-0.3, -0.25) is 14.4 Å². The second-order valence-electron chi connectivity index (χ2n) is 6.79. The van der Waals surface area contributed by atoms with E-state index in [0.717, 1.165) is 18.4 Å². The lowest BCUT2D eigenvalue weighted by atomic mass is 10.1. The second kappa shape index (κ2) is 9.05. The molecule has 0 spiro atoms. The van der Waals surface area contributed by atoms with Gasteiger partial charge in [0.15, 0.2) is 0 Å². The van der Waals surface area contributed by atoms with Gasteiger partial charge in [-0.1, -0.05) is 12.1 Å². The molecule has 0 radical (unpaired) electrons. The summed E-state index contributed by atoms with van der Waals surface area (Å²) in [5, 5.41) is 8.33. The van der Waals surface area contributed by atoms with Crippen molar-refractivity contribution in [3.8, 4) is 5.75 Å². The normalized spacial score (nSPS) is 13.0. The Morgan fingerprint density at radius 1 is 1.03 bits per heavy atom. The smallest absolute Gasteiger partial charge is 0.251 e. The Labute approximate surface area is 169 Å². The summed E-state index contributed by atoms with van der Waals surface area (Å²) in [4.78, 5) is 35.5. The SMILES string of the molecule is COc1ccc(NC(C)=O)cc1NC(=O)/C=C/c1ccc(C(=O)NC2CC2)cc1. The van der Waals surface area contributed by atoms with Gasteiger partial charge in [0.05, 0.1) is 12.8 Å². The number of rotatable bonds is 7. The Balaban J connectivity index is 1.63. The van der Waals surface area contributed by atoms with Crippen LogP contribution in [0.2, 0.25) is 0 Å². The van der Waals surface area contributed by atoms with Gasteiger partial charge in [-0.2, -0.15) is 0 Å². The number of amides is 3. The van der Waals surface area contributed by atoms with Crippen molar-refractivity contribution in [2.45, 2.75) is 25.8 Å². The van der Waals surface area contributed by atoms with Gasteiger partial charge >= 0.3 is 0 Å². The van der Waals surface area contributed by atoms with Gasteiger partial charge < -0.3 is 20.7 Å². The van der Waals surface area contributed by atoms with E-state index < -0.39 is 0 Å². The number of carbonyl (C=O) groups is 3. The van der Waals surface area contributed by atoms with E-state index in [1.807, 2.05) is 0 Å². The molecule has 3 N–H and O–H groups in total. The molecule has 0 aromatic heterocycles. The molecule has 1 aliphatic rings. The minimum atomic E-state index is -0.348. The minimum Gasteiger partial charge on any atom is -0.495 e. The number of hydrogen-bond donors (Lipinski definition) is 3. The number of hydrogen-bond acceptors (Lipinski definition) is 4. The van der Waals surface area contributed by atoms with E-state index in [-0.39, 0.29) is 17.7 Å². The lowest BCUT2D eigenvalue weighted by Gasteiger charge is -2.11. The van der Waals surface area contributed by atoms with Crippen LogP contribution in [0.4, 0.5) is 11.4 Å². The van der Waals surface area contributed by atoms with Crippen molar-refractivity contribution < 1.29 is 19.1 Å². The molecule has 1 aliphatic carbocycles. The van der Waals surface area contributed by atoms with E-state index in [4.69, 9.17) is 4.74 Å². The summed E-state index contributed by atoms with van der Waals surface area (Å²) in [6, 6.07) is 12.3. The van der Waals surface area contributed by atoms with Gasteiger partial charge in [-0.25, -0.2) is 0 Å². The van der Waals surface area contributed by atoms with Crippen molar-refractivity contribution in [2.75, 3.05) is 17.7 Å². The first-order valence-corrected chi connectivity index (χ1v) is 9.30. The summed E-state index contributed by atoms with van der Waals surface area (Å²) in [7, 11) is 1.50. The van der Waals surface area contributed by atoms with Crippen LogP contribution in [0.25, 0.3) is 6.08 Å². The molecule has 0 unspecified atom stereocenters. The monoisotopic (exact) mass is 393 g/mol. The van der Waals surface area contributed by atoms with Gasteiger partial charge in [0, 0.05) is 30.3 Å². The fraction of sp³-hybridized carbons (Fsp3) is 0.227. The van der Waals surface area contributed by atoms with Crippen molar-refractivity contribution >= 4 is 35.2 Å². The summed E-state index contributed by atoms with van der Waals surface area (Å²) in [6.07, 6.45) is 5.13. The Kier molecular flexibility index (Phi) is 6.29. The first-order chi connectivity index (χ1) is 13.9. The Hall–Kier alpha value is -3.61. The molecular formula is C22H23N3O4. The predicted molar refractivity (Wildman–Crippen MR) is 112 cm³/mol. The standard InChI is InChI=1S/C22H23N3O4/c1-14(26)23-18-10-11-20(29-2)19(13-18)25-21(27)12-5-15-3-6-16(7-4-15)22(28)24-17-8-9-17/h3-7,10-13,17H,8-9H2,1-2H3,(H,23,26)(H,24,28)(H,25,27)/b12-5+. The second-order valence-corrected chi connectivity index (χ2v) is 6.79. The van der Waals surface area contributed by atoms with Crippen LogP contribution in [0.3, 0.4) is 0 Å². The molecule has 3 rings (SSSR count). The molecule has 0 saturated heterocycles. The number of benzene rings is 2. The summed E-state index contributed by atoms with van der Waals surface area (Å²) < 4.78 is 5.25. The molecule has 0 aliphatic heterocycles. The number of ether oxygens (including phenoxy) is 1. The van der Waals surface area contributed by atoms with Crippen molar-refractivity contribution in [3.63, 3.8) is 0 Å². The number of methoxy groups -OCH3 is 1. The molecule has 29 heavy (non-hydrogen) atoms. The topological polar surface area (TPSA) is 96.5 Å². The maximum atomic E-state index is 12.3. The molecule has 7 heteroatoms. The molecule has 0 atom stereocenters. The highest BCUT2D eigenvalue weighted by Gasteiger charge is 2.23. The fourth-order valence-electron chi connectivity index (χ4n) is 2.67. The van der Waals surface area contributed by atoms with Crippen molar-refractivity contribution in [3.05, 3.63) is 59.7 Å². The van der Waals surface area contributed by atoms with Crippen LogP contribution in [-0.4, -0.2) is 30.9 Å². The maximum Gasteiger partial charge on any atom is 0.251 e. The first-order valence-electron chi connectivity index (χ1n) is 9.30. The van der Waals surface area contributed by atoms with E-state index in [2.05, 4.69) is 16.0 Å². The molecule has 7 nitrogen and oxygen atoms in total. The highest BCUT2D eigenvalue weighted by atomic mass is 16.5. The zero-order valence-corrected chi connectivity index (χ0v) is 16.3. The lowest BCUT2D eigenvalue weighted by molar-refractivity contribution is -0.114. The fourth-order valence-corrected chi connectivity index (χ4v) is 2.67. The molecule has 3 amide bonds. The quantitative estimate of drug-likeness (QED) is 0.630. The van der Waals surface area contributed by atoms with Crippen LogP contribution in [-0.2, 0) is 9.59 Å². The summed E-state index contributed by atoms with van der Waals surface area (Å²) in [5.41, 5.74) is 2.39. The first kappa shape index (κ1) is 20.1. The number of anilines is 2. The largest absolute Gasteiger partial charge is 0.495 e. The van der Waals surface area contributed by atoms with Gasteiger partial charge in [0.2, 0.25) is 11.8 Å². The van der Waals surface area contributed by atoms with Crippen LogP contribution in [0, 0.1) is 0 Å². The molecule has 0 heterocycles. The third kappa shape index (κ3) is 5.93. The maximum absolute atomic E-state index is 12.3. The van der Waals surface area contributed by atoms with E-state index in [1.165, 1.54) is 20.1 Å². The molecule has 0 bridgehead atoms. The summed E-state index contributed by atoms with van der Waals surface area (Å²) in [5.74, 6) is -0.153. The third-order valence-corrected chi connectivity index (χ3v) is 4.29. The van der Waals surface area contributed by atoms with Crippen molar-refractivity contribution in [2.24, 2.45) is 0 Å². The van der Waals surface area contributed by atoms with Crippen LogP contribution < -0.4 is 20.7 Å². The van der Waals surface area contributed by atoms with E-state index in [0.29, 0.717) is 28.7 Å². The van der Waals surface area contributed by atoms with Crippen molar-refractivity contribution in [1.29, 1.82) is 0 Å². The zero-order chi connectivity index (χ0) is 20.8. The highest BCUT2D eigenvalue weighted by Crippen LogP contribution is 2.28. The van der Waals surface area contributed by atoms with Crippen LogP contribution in [0.1, 0.15) is 35.7 Å². The third-order valence-electron chi connectivity index (χ3n) is 4.29. The average Bonchev–Trinajstić information content (AvgIpc) is 3.50. The van der Waals surface area contributed by atoms with Crippen LogP contribution >= 0.6 is 0 Å². The molecular weight excluding hydrogens is 370 g/mol. The zero-order valence-electron chi connectivity index (χ0n) is 16.3.